The van der Waals surface area contributed by atoms with Gasteiger partial charge in [0.2, 0.25) is 15.9 Å². The first-order valence-corrected chi connectivity index (χ1v) is 12.8. The first kappa shape index (κ1) is 23.0. The molecule has 2 aliphatic rings. The second-order valence-corrected chi connectivity index (χ2v) is 10.7. The number of amides is 1. The molecule has 1 N–H and O–H groups in total. The van der Waals surface area contributed by atoms with E-state index < -0.39 is 10.0 Å². The van der Waals surface area contributed by atoms with E-state index in [1.54, 1.807) is 30.0 Å². The Hall–Kier alpha value is -2.14. The van der Waals surface area contributed by atoms with Crippen LogP contribution in [0.4, 0.5) is 4.39 Å². The molecular weight excluding hydrogens is 455 g/mol. The number of ether oxygens (including phenoxy) is 2. The highest BCUT2D eigenvalue weighted by atomic mass is 32.2. The Morgan fingerprint density at radius 1 is 1.25 bits per heavy atom. The van der Waals surface area contributed by atoms with Crippen LogP contribution in [-0.4, -0.2) is 57.8 Å². The third-order valence-electron chi connectivity index (χ3n) is 5.53. The molecule has 172 valence electrons. The first-order valence-electron chi connectivity index (χ1n) is 10.3. The molecule has 0 aliphatic carbocycles. The van der Waals surface area contributed by atoms with Crippen LogP contribution in [0.3, 0.4) is 0 Å². The van der Waals surface area contributed by atoms with Gasteiger partial charge in [0, 0.05) is 23.7 Å². The second kappa shape index (κ2) is 9.78. The van der Waals surface area contributed by atoms with Crippen LogP contribution in [0.1, 0.15) is 23.6 Å². The maximum Gasteiger partial charge on any atom is 0.246 e. The molecule has 0 aromatic heterocycles. The summed E-state index contributed by atoms with van der Waals surface area (Å²) in [4.78, 5) is 13.8. The third-order valence-corrected chi connectivity index (χ3v) is 8.57. The van der Waals surface area contributed by atoms with Crippen LogP contribution in [0.5, 0.6) is 5.75 Å². The molecule has 0 saturated carbocycles. The van der Waals surface area contributed by atoms with E-state index in [1.807, 2.05) is 0 Å². The van der Waals surface area contributed by atoms with E-state index in [9.17, 15) is 17.6 Å². The van der Waals surface area contributed by atoms with Gasteiger partial charge < -0.3 is 14.8 Å². The predicted octanol–water partition coefficient (Wildman–Crippen LogP) is 2.75. The Bertz CT molecular complexity index is 1100. The van der Waals surface area contributed by atoms with Crippen molar-refractivity contribution in [1.29, 1.82) is 0 Å². The van der Waals surface area contributed by atoms with Crippen LogP contribution < -0.4 is 10.1 Å². The molecule has 4 rings (SSSR count). The molecule has 1 atom stereocenters. The van der Waals surface area contributed by atoms with Crippen molar-refractivity contribution < 1.29 is 27.1 Å². The van der Waals surface area contributed by atoms with Crippen LogP contribution in [-0.2, 0) is 26.0 Å². The number of hydrogen-bond acceptors (Lipinski definition) is 6. The smallest absolute Gasteiger partial charge is 0.246 e. The third kappa shape index (κ3) is 4.93. The van der Waals surface area contributed by atoms with Crippen molar-refractivity contribution in [2.45, 2.75) is 28.7 Å². The monoisotopic (exact) mass is 480 g/mol. The second-order valence-electron chi connectivity index (χ2n) is 7.62. The standard InChI is InChI=1S/C22H25FN2O5S2/c1-29-19-4-2-15(12-21(19)32(27,28)25-7-9-30-10-8-25)13-22(26)24-18-6-11-31-20-5-3-16(23)14-17(18)20/h2-5,12,14,18H,6-11,13H2,1H3,(H,24,26)/t18-/m1/s1. The van der Waals surface area contributed by atoms with Crippen molar-refractivity contribution in [2.75, 3.05) is 39.2 Å². The number of hydrogen-bond donors (Lipinski definition) is 1. The number of sulfonamides is 1. The van der Waals surface area contributed by atoms with Gasteiger partial charge in [0.25, 0.3) is 0 Å². The van der Waals surface area contributed by atoms with Gasteiger partial charge in [-0.25, -0.2) is 12.8 Å². The Balaban J connectivity index is 1.52. The quantitative estimate of drug-likeness (QED) is 0.685. The number of morpholine rings is 1. The number of methoxy groups -OCH3 is 1. The van der Waals surface area contributed by atoms with Gasteiger partial charge in [0.1, 0.15) is 16.5 Å². The number of halogens is 1. The highest BCUT2D eigenvalue weighted by Gasteiger charge is 2.30. The Morgan fingerprint density at radius 3 is 2.78 bits per heavy atom. The van der Waals surface area contributed by atoms with Crippen molar-refractivity contribution >= 4 is 27.7 Å². The summed E-state index contributed by atoms with van der Waals surface area (Å²) in [5.74, 6) is 0.471. The normalized spacial score (nSPS) is 19.2. The summed E-state index contributed by atoms with van der Waals surface area (Å²) in [5, 5.41) is 2.97. The summed E-state index contributed by atoms with van der Waals surface area (Å²) in [6, 6.07) is 9.09. The van der Waals surface area contributed by atoms with Crippen molar-refractivity contribution in [1.82, 2.24) is 9.62 Å². The number of rotatable bonds is 6. The minimum absolute atomic E-state index is 0.00389. The fraction of sp³-hybridized carbons (Fsp3) is 0.409. The molecule has 10 heteroatoms. The number of nitrogens with zero attached hydrogens (tertiary/aromatic N) is 1. The molecule has 7 nitrogen and oxygen atoms in total. The molecule has 0 unspecified atom stereocenters. The minimum Gasteiger partial charge on any atom is -0.495 e. The van der Waals surface area contributed by atoms with Crippen LogP contribution in [0, 0.1) is 5.82 Å². The van der Waals surface area contributed by atoms with E-state index in [2.05, 4.69) is 5.32 Å². The maximum absolute atomic E-state index is 13.7. The van der Waals surface area contributed by atoms with Crippen molar-refractivity contribution in [3.8, 4) is 5.75 Å². The SMILES string of the molecule is COc1ccc(CC(=O)N[C@@H]2CCSc3ccc(F)cc32)cc1S(=O)(=O)N1CCOCC1. The van der Waals surface area contributed by atoms with E-state index >= 15 is 0 Å². The van der Waals surface area contributed by atoms with Gasteiger partial charge in [0.15, 0.2) is 0 Å². The summed E-state index contributed by atoms with van der Waals surface area (Å²) >= 11 is 1.64. The van der Waals surface area contributed by atoms with Crippen molar-refractivity contribution in [3.05, 3.63) is 53.3 Å². The zero-order valence-corrected chi connectivity index (χ0v) is 19.3. The predicted molar refractivity (Wildman–Crippen MR) is 119 cm³/mol. The molecule has 0 radical (unpaired) electrons. The fourth-order valence-electron chi connectivity index (χ4n) is 3.90. The fourth-order valence-corrected chi connectivity index (χ4v) is 6.62. The zero-order chi connectivity index (χ0) is 22.7. The molecule has 0 spiro atoms. The van der Waals surface area contributed by atoms with E-state index in [4.69, 9.17) is 9.47 Å². The minimum atomic E-state index is -3.78. The van der Waals surface area contributed by atoms with Gasteiger partial charge in [-0.05, 0) is 47.9 Å². The van der Waals surface area contributed by atoms with Gasteiger partial charge in [0.05, 0.1) is 32.8 Å². The van der Waals surface area contributed by atoms with Crippen LogP contribution in [0.25, 0.3) is 0 Å². The summed E-state index contributed by atoms with van der Waals surface area (Å²) < 4.78 is 51.9. The Kier molecular flexibility index (Phi) is 7.04. The molecule has 1 fully saturated rings. The van der Waals surface area contributed by atoms with E-state index in [-0.39, 0.29) is 47.9 Å². The van der Waals surface area contributed by atoms with Crippen LogP contribution >= 0.6 is 11.8 Å². The summed E-state index contributed by atoms with van der Waals surface area (Å²) in [7, 11) is -2.37. The van der Waals surface area contributed by atoms with Crippen molar-refractivity contribution in [2.24, 2.45) is 0 Å². The van der Waals surface area contributed by atoms with Crippen LogP contribution in [0.2, 0.25) is 0 Å². The molecule has 1 amide bonds. The lowest BCUT2D eigenvalue weighted by Gasteiger charge is -2.27. The number of carbonyl (C=O) groups is 1. The van der Waals surface area contributed by atoms with Gasteiger partial charge >= 0.3 is 0 Å². The molecule has 2 aliphatic heterocycles. The largest absolute Gasteiger partial charge is 0.495 e. The van der Waals surface area contributed by atoms with Gasteiger partial charge in [-0.2, -0.15) is 4.31 Å². The molecule has 32 heavy (non-hydrogen) atoms. The maximum atomic E-state index is 13.7. The Labute approximate surface area is 191 Å². The number of fused-ring (bicyclic) bond motifs is 1. The molecule has 2 aromatic carbocycles. The van der Waals surface area contributed by atoms with Gasteiger partial charge in [-0.3, -0.25) is 4.79 Å². The molecule has 2 aromatic rings. The average molecular weight is 481 g/mol. The molecule has 2 heterocycles. The first-order chi connectivity index (χ1) is 15.4. The lowest BCUT2D eigenvalue weighted by atomic mass is 10.0. The molecule has 1 saturated heterocycles. The highest BCUT2D eigenvalue weighted by Crippen LogP contribution is 2.36. The van der Waals surface area contributed by atoms with E-state index in [1.165, 1.54) is 29.6 Å². The van der Waals surface area contributed by atoms with E-state index in [0.29, 0.717) is 25.2 Å². The lowest BCUT2D eigenvalue weighted by Crippen LogP contribution is -2.40. The Morgan fingerprint density at radius 2 is 2.03 bits per heavy atom. The van der Waals surface area contributed by atoms with E-state index in [0.717, 1.165) is 16.2 Å². The lowest BCUT2D eigenvalue weighted by molar-refractivity contribution is -0.121. The van der Waals surface area contributed by atoms with Crippen LogP contribution in [0.15, 0.2) is 46.2 Å². The summed E-state index contributed by atoms with van der Waals surface area (Å²) in [6.45, 7) is 1.22. The average Bonchev–Trinajstić information content (AvgIpc) is 2.80. The number of carbonyl (C=O) groups excluding carboxylic acids is 1. The molecular formula is C22H25FN2O5S2. The number of nitrogens with one attached hydrogen (secondary N) is 1. The topological polar surface area (TPSA) is 84.9 Å². The zero-order valence-electron chi connectivity index (χ0n) is 17.7. The summed E-state index contributed by atoms with van der Waals surface area (Å²) in [5.41, 5.74) is 1.33. The number of benzene rings is 2. The summed E-state index contributed by atoms with van der Waals surface area (Å²) in [6.07, 6.45) is 0.704. The van der Waals surface area contributed by atoms with Gasteiger partial charge in [-0.1, -0.05) is 6.07 Å². The molecule has 0 bridgehead atoms. The number of thioether (sulfide) groups is 1. The van der Waals surface area contributed by atoms with Crippen molar-refractivity contribution in [3.63, 3.8) is 0 Å². The highest BCUT2D eigenvalue weighted by molar-refractivity contribution is 7.99. The van der Waals surface area contributed by atoms with Gasteiger partial charge in [-0.15, -0.1) is 11.8 Å².